The van der Waals surface area contributed by atoms with Crippen molar-refractivity contribution in [1.29, 1.82) is 0 Å². The fraction of sp³-hybridized carbons (Fsp3) is 0.278. The van der Waals surface area contributed by atoms with Crippen LogP contribution in [0.3, 0.4) is 0 Å². The second kappa shape index (κ2) is 8.02. The highest BCUT2D eigenvalue weighted by Gasteiger charge is 2.22. The van der Waals surface area contributed by atoms with Gasteiger partial charge in [-0.15, -0.1) is 6.42 Å². The molecular formula is C18H18N6O4S2. The van der Waals surface area contributed by atoms with Gasteiger partial charge in [-0.3, -0.25) is 0 Å². The number of hydrogen-bond acceptors (Lipinski definition) is 9. The van der Waals surface area contributed by atoms with Gasteiger partial charge in [0, 0.05) is 29.6 Å². The summed E-state index contributed by atoms with van der Waals surface area (Å²) in [5.74, 6) is 3.85. The molecule has 0 unspecified atom stereocenters. The zero-order chi connectivity index (χ0) is 21.3. The van der Waals surface area contributed by atoms with Crippen molar-refractivity contribution < 1.29 is 17.9 Å². The number of hydrogen-bond donors (Lipinski definition) is 2. The van der Waals surface area contributed by atoms with E-state index in [9.17, 15) is 8.42 Å². The Kier molecular flexibility index (Phi) is 5.42. The van der Waals surface area contributed by atoms with Crippen LogP contribution in [0, 0.1) is 12.3 Å². The molecule has 0 saturated heterocycles. The molecule has 30 heavy (non-hydrogen) atoms. The maximum Gasteiger partial charge on any atom is 0.231 e. The van der Waals surface area contributed by atoms with Gasteiger partial charge < -0.3 is 19.8 Å². The first kappa shape index (κ1) is 20.3. The molecule has 0 radical (unpaired) electrons. The van der Waals surface area contributed by atoms with Crippen LogP contribution < -0.4 is 19.9 Å². The molecule has 1 aliphatic heterocycles. The number of nitrogens with zero attached hydrogens (tertiary/aromatic N) is 4. The topological polar surface area (TPSA) is 134 Å². The Hall–Kier alpha value is -3.01. The summed E-state index contributed by atoms with van der Waals surface area (Å²) in [6, 6.07) is 3.50. The Morgan fingerprint density at radius 2 is 2.10 bits per heavy atom. The lowest BCUT2D eigenvalue weighted by Crippen LogP contribution is -2.28. The predicted molar refractivity (Wildman–Crippen MR) is 112 cm³/mol. The van der Waals surface area contributed by atoms with Crippen LogP contribution in [0.25, 0.3) is 11.2 Å². The fourth-order valence-corrected chi connectivity index (χ4v) is 4.96. The highest BCUT2D eigenvalue weighted by molar-refractivity contribution is 7.99. The Bertz CT molecular complexity index is 1270. The van der Waals surface area contributed by atoms with E-state index >= 15 is 0 Å². The molecule has 10 nitrogen and oxygen atoms in total. The number of imidazole rings is 1. The number of terminal acetylenes is 1. The van der Waals surface area contributed by atoms with Crippen molar-refractivity contribution >= 4 is 38.8 Å². The number of nitrogen functional groups attached to an aromatic ring is 1. The molecule has 3 N–H and O–H groups in total. The van der Waals surface area contributed by atoms with Gasteiger partial charge in [0.15, 0.2) is 33.6 Å². The minimum Gasteiger partial charge on any atom is -0.454 e. The quantitative estimate of drug-likeness (QED) is 0.514. The zero-order valence-corrected chi connectivity index (χ0v) is 17.6. The van der Waals surface area contributed by atoms with E-state index in [1.165, 1.54) is 18.1 Å². The summed E-state index contributed by atoms with van der Waals surface area (Å²) < 4.78 is 39.3. The molecule has 0 bridgehead atoms. The first-order valence-corrected chi connectivity index (χ1v) is 11.4. The van der Waals surface area contributed by atoms with Crippen LogP contribution >= 0.6 is 11.8 Å². The van der Waals surface area contributed by atoms with Crippen molar-refractivity contribution in [3.05, 3.63) is 24.0 Å². The number of sulfonamides is 1. The third-order valence-electron chi connectivity index (χ3n) is 4.30. The molecule has 3 aromatic rings. The number of fused-ring (bicyclic) bond motifs is 2. The molecule has 1 aliphatic rings. The second-order valence-electron chi connectivity index (χ2n) is 6.24. The smallest absolute Gasteiger partial charge is 0.231 e. The van der Waals surface area contributed by atoms with Crippen molar-refractivity contribution in [2.45, 2.75) is 23.5 Å². The molecule has 4 rings (SSSR count). The van der Waals surface area contributed by atoms with Crippen LogP contribution in [-0.2, 0) is 16.6 Å². The molecule has 0 aliphatic carbocycles. The highest BCUT2D eigenvalue weighted by Crippen LogP contribution is 2.41. The van der Waals surface area contributed by atoms with E-state index in [1.807, 2.05) is 0 Å². The Labute approximate surface area is 177 Å². The lowest BCUT2D eigenvalue weighted by atomic mass is 10.2. The van der Waals surface area contributed by atoms with Gasteiger partial charge in [0.05, 0.1) is 5.75 Å². The van der Waals surface area contributed by atoms with Gasteiger partial charge in [0.1, 0.15) is 6.33 Å². The summed E-state index contributed by atoms with van der Waals surface area (Å²) in [6.45, 7) is 2.29. The highest BCUT2D eigenvalue weighted by atomic mass is 32.2. The van der Waals surface area contributed by atoms with E-state index in [0.29, 0.717) is 44.8 Å². The van der Waals surface area contributed by atoms with Crippen molar-refractivity contribution in [2.75, 3.05) is 24.8 Å². The number of nitrogens with two attached hydrogens (primary N) is 1. The molecule has 0 atom stereocenters. The summed E-state index contributed by atoms with van der Waals surface area (Å²) in [6.07, 6.45) is 6.98. The molecule has 0 amide bonds. The molecule has 0 fully saturated rings. The lowest BCUT2D eigenvalue weighted by Gasteiger charge is -2.10. The summed E-state index contributed by atoms with van der Waals surface area (Å²) in [5, 5.41) is 0.485. The molecule has 0 saturated carbocycles. The third-order valence-corrected chi connectivity index (χ3v) is 6.81. The Morgan fingerprint density at radius 3 is 2.83 bits per heavy atom. The number of aryl methyl sites for hydroxylation is 1. The number of ether oxygens (including phenoxy) is 2. The fourth-order valence-electron chi connectivity index (χ4n) is 2.94. The largest absolute Gasteiger partial charge is 0.454 e. The minimum absolute atomic E-state index is 0.125. The molecule has 156 valence electrons. The molecule has 12 heteroatoms. The van der Waals surface area contributed by atoms with E-state index in [2.05, 4.69) is 25.6 Å². The standard InChI is InChI=1S/C18H18N6O4S2/c1-3-11-7-12-13(28-10-27-12)8-14(11)29-18-23-15-16(19)20-9-21-17(15)24(18)5-6-30(25,26)22-4-2/h1,7-9,22H,4-6,10H2,2H3,(H2,19,20,21). The Balaban J connectivity index is 1.76. The normalized spacial score (nSPS) is 12.9. The molecule has 0 spiro atoms. The van der Waals surface area contributed by atoms with Crippen LogP contribution in [0.1, 0.15) is 12.5 Å². The average Bonchev–Trinajstić information content (AvgIpc) is 3.30. The van der Waals surface area contributed by atoms with Crippen molar-refractivity contribution in [2.24, 2.45) is 0 Å². The van der Waals surface area contributed by atoms with E-state index < -0.39 is 10.0 Å². The van der Waals surface area contributed by atoms with Gasteiger partial charge in [0.25, 0.3) is 0 Å². The lowest BCUT2D eigenvalue weighted by molar-refractivity contribution is 0.174. The van der Waals surface area contributed by atoms with Crippen molar-refractivity contribution in [1.82, 2.24) is 24.2 Å². The van der Waals surface area contributed by atoms with Gasteiger partial charge in [0.2, 0.25) is 16.8 Å². The number of benzene rings is 1. The average molecular weight is 447 g/mol. The van der Waals surface area contributed by atoms with Crippen molar-refractivity contribution in [3.8, 4) is 23.8 Å². The maximum absolute atomic E-state index is 12.2. The molecule has 1 aromatic carbocycles. The van der Waals surface area contributed by atoms with E-state index in [-0.39, 0.29) is 24.9 Å². The van der Waals surface area contributed by atoms with E-state index in [4.69, 9.17) is 21.6 Å². The molecular weight excluding hydrogens is 428 g/mol. The monoisotopic (exact) mass is 446 g/mol. The summed E-state index contributed by atoms with van der Waals surface area (Å²) in [4.78, 5) is 13.5. The summed E-state index contributed by atoms with van der Waals surface area (Å²) in [5.41, 5.74) is 7.39. The molecule has 3 heterocycles. The number of anilines is 1. The van der Waals surface area contributed by atoms with Crippen LogP contribution in [0.4, 0.5) is 5.82 Å². The SMILES string of the molecule is C#Cc1cc2c(cc1Sc1nc3c(N)ncnc3n1CCS(=O)(=O)NCC)OCO2. The van der Waals surface area contributed by atoms with Crippen LogP contribution in [0.2, 0.25) is 0 Å². The van der Waals surface area contributed by atoms with Crippen LogP contribution in [-0.4, -0.2) is 47.0 Å². The number of nitrogens with one attached hydrogen (secondary N) is 1. The van der Waals surface area contributed by atoms with Gasteiger partial charge in [-0.2, -0.15) is 0 Å². The first-order valence-electron chi connectivity index (χ1n) is 8.94. The van der Waals surface area contributed by atoms with Gasteiger partial charge in [-0.25, -0.2) is 28.1 Å². The molecule has 2 aromatic heterocycles. The zero-order valence-electron chi connectivity index (χ0n) is 16.0. The second-order valence-corrected chi connectivity index (χ2v) is 9.18. The summed E-state index contributed by atoms with van der Waals surface area (Å²) in [7, 11) is -3.45. The minimum atomic E-state index is -3.45. The van der Waals surface area contributed by atoms with E-state index in [1.54, 1.807) is 23.6 Å². The summed E-state index contributed by atoms with van der Waals surface area (Å²) >= 11 is 1.27. The third kappa shape index (κ3) is 3.87. The van der Waals surface area contributed by atoms with Crippen LogP contribution in [0.15, 0.2) is 28.5 Å². The van der Waals surface area contributed by atoms with Gasteiger partial charge in [-0.1, -0.05) is 24.6 Å². The van der Waals surface area contributed by atoms with Crippen molar-refractivity contribution in [3.63, 3.8) is 0 Å². The van der Waals surface area contributed by atoms with Crippen LogP contribution in [0.5, 0.6) is 11.5 Å². The van der Waals surface area contributed by atoms with Gasteiger partial charge in [-0.05, 0) is 6.07 Å². The number of aromatic nitrogens is 4. The Morgan fingerprint density at radius 1 is 1.33 bits per heavy atom. The first-order chi connectivity index (χ1) is 14.4. The van der Waals surface area contributed by atoms with E-state index in [0.717, 1.165) is 0 Å². The van der Waals surface area contributed by atoms with Gasteiger partial charge >= 0.3 is 0 Å². The number of rotatable bonds is 7. The predicted octanol–water partition coefficient (Wildman–Crippen LogP) is 1.21. The maximum atomic E-state index is 12.2.